The molecule has 4 aromatic rings. The Labute approximate surface area is 173 Å². The number of nitrogens with zero attached hydrogens (tertiary/aromatic N) is 5. The van der Waals surface area contributed by atoms with Crippen LogP contribution in [0.2, 0.25) is 0 Å². The van der Waals surface area contributed by atoms with Crippen molar-refractivity contribution in [2.45, 2.75) is 18.6 Å². The number of halogens is 1. The fourth-order valence-electron chi connectivity index (χ4n) is 4.06. The van der Waals surface area contributed by atoms with Crippen molar-refractivity contribution < 1.29 is 9.13 Å². The number of fused-ring (bicyclic) bond motifs is 2. The van der Waals surface area contributed by atoms with Crippen molar-refractivity contribution in [1.29, 1.82) is 0 Å². The molecule has 1 aromatic carbocycles. The quantitative estimate of drug-likeness (QED) is 0.560. The van der Waals surface area contributed by atoms with E-state index in [-0.39, 0.29) is 6.04 Å². The first-order chi connectivity index (χ1) is 14.6. The number of piperidine rings is 1. The summed E-state index contributed by atoms with van der Waals surface area (Å²) in [6, 6.07) is 11.8. The van der Waals surface area contributed by atoms with Crippen molar-refractivity contribution in [2.75, 3.05) is 32.6 Å². The van der Waals surface area contributed by atoms with Gasteiger partial charge in [0.1, 0.15) is 11.7 Å². The lowest BCUT2D eigenvalue weighted by molar-refractivity contribution is 0.149. The van der Waals surface area contributed by atoms with Gasteiger partial charge in [0.25, 0.3) is 0 Å². The summed E-state index contributed by atoms with van der Waals surface area (Å²) in [6.45, 7) is 1.24. The Bertz CT molecular complexity index is 1210. The van der Waals surface area contributed by atoms with Gasteiger partial charge in [0.2, 0.25) is 11.8 Å². The highest BCUT2D eigenvalue weighted by Gasteiger charge is 2.28. The van der Waals surface area contributed by atoms with Gasteiger partial charge in [-0.2, -0.15) is 4.98 Å². The molecule has 5 rings (SSSR count). The molecule has 1 aliphatic heterocycles. The summed E-state index contributed by atoms with van der Waals surface area (Å²) in [5.41, 5.74) is 3.70. The number of ether oxygens (including phenoxy) is 1. The van der Waals surface area contributed by atoms with Crippen LogP contribution in [0.5, 0.6) is 5.88 Å². The summed E-state index contributed by atoms with van der Waals surface area (Å²) in [5, 5.41) is 8.78. The van der Waals surface area contributed by atoms with Gasteiger partial charge in [-0.05, 0) is 43.3 Å². The van der Waals surface area contributed by atoms with Gasteiger partial charge in [-0.1, -0.05) is 12.1 Å². The van der Waals surface area contributed by atoms with Crippen LogP contribution in [-0.4, -0.2) is 63.9 Å². The molecule has 154 valence electrons. The number of hydrogen-bond donors (Lipinski definition) is 1. The summed E-state index contributed by atoms with van der Waals surface area (Å²) in [7, 11) is 3.51. The van der Waals surface area contributed by atoms with Crippen molar-refractivity contribution in [3.63, 3.8) is 0 Å². The lowest BCUT2D eigenvalue weighted by Gasteiger charge is -2.32. The van der Waals surface area contributed by atoms with Gasteiger partial charge in [0.15, 0.2) is 0 Å². The number of methoxy groups -OCH3 is 1. The van der Waals surface area contributed by atoms with Crippen LogP contribution in [0, 0.1) is 0 Å². The summed E-state index contributed by atoms with van der Waals surface area (Å²) in [4.78, 5) is 10.9. The average Bonchev–Trinajstić information content (AvgIpc) is 3.19. The number of likely N-dealkylation sites (tertiary alicyclic amines) is 1. The minimum absolute atomic E-state index is 0.314. The van der Waals surface area contributed by atoms with Crippen molar-refractivity contribution in [3.05, 3.63) is 48.8 Å². The minimum atomic E-state index is -0.972. The number of benzene rings is 1. The maximum atomic E-state index is 14.4. The van der Waals surface area contributed by atoms with Gasteiger partial charge >= 0.3 is 0 Å². The van der Waals surface area contributed by atoms with Crippen LogP contribution in [0.3, 0.4) is 0 Å². The van der Waals surface area contributed by atoms with Crippen molar-refractivity contribution in [3.8, 4) is 17.0 Å². The molecule has 0 amide bonds. The van der Waals surface area contributed by atoms with Gasteiger partial charge in [-0.3, -0.25) is 4.98 Å². The summed E-state index contributed by atoms with van der Waals surface area (Å²) >= 11 is 0. The van der Waals surface area contributed by atoms with Crippen LogP contribution in [0.4, 0.5) is 10.3 Å². The van der Waals surface area contributed by atoms with Gasteiger partial charge in [-0.15, -0.1) is 5.10 Å². The molecule has 0 unspecified atom stereocenters. The highest BCUT2D eigenvalue weighted by molar-refractivity contribution is 5.90. The first-order valence-electron chi connectivity index (χ1n) is 10.00. The van der Waals surface area contributed by atoms with E-state index >= 15 is 0 Å². The first kappa shape index (κ1) is 18.7. The number of aromatic nitrogens is 4. The van der Waals surface area contributed by atoms with E-state index in [0.29, 0.717) is 24.8 Å². The van der Waals surface area contributed by atoms with E-state index in [4.69, 9.17) is 4.74 Å². The third-order valence-corrected chi connectivity index (χ3v) is 5.65. The molecular weight excluding hydrogens is 383 g/mol. The number of hydrogen-bond acceptors (Lipinski definition) is 6. The number of rotatable bonds is 4. The topological polar surface area (TPSA) is 67.6 Å². The zero-order valence-electron chi connectivity index (χ0n) is 16.9. The third-order valence-electron chi connectivity index (χ3n) is 5.65. The minimum Gasteiger partial charge on any atom is -0.479 e. The van der Waals surface area contributed by atoms with E-state index in [1.54, 1.807) is 17.8 Å². The van der Waals surface area contributed by atoms with E-state index in [2.05, 4.69) is 26.4 Å². The standard InChI is InChI=1S/C22H23FN6O/c1-28-10-8-19(17(23)13-28)25-22-26-21(30-2)20-16(7-11-29(20)27-22)14-5-6-18-15(12-14)4-3-9-24-18/h3-7,9,11-12,17,19H,8,10,13H2,1-2H3,(H,25,27)/t17-,19+/m0/s1. The fourth-order valence-corrected chi connectivity index (χ4v) is 4.06. The molecule has 1 N–H and O–H groups in total. The maximum absolute atomic E-state index is 14.4. The van der Waals surface area contributed by atoms with Gasteiger partial charge in [0.05, 0.1) is 18.7 Å². The Morgan fingerprint density at radius 1 is 1.23 bits per heavy atom. The highest BCUT2D eigenvalue weighted by atomic mass is 19.1. The molecule has 2 atom stereocenters. The van der Waals surface area contributed by atoms with Crippen molar-refractivity contribution in [2.24, 2.45) is 0 Å². The molecule has 0 aliphatic carbocycles. The molecule has 8 heteroatoms. The molecule has 7 nitrogen and oxygen atoms in total. The van der Waals surface area contributed by atoms with E-state index in [0.717, 1.165) is 34.1 Å². The molecule has 1 aliphatic rings. The Hall–Kier alpha value is -3.26. The van der Waals surface area contributed by atoms with E-state index in [1.807, 2.05) is 48.5 Å². The maximum Gasteiger partial charge on any atom is 0.244 e. The molecule has 30 heavy (non-hydrogen) atoms. The van der Waals surface area contributed by atoms with Gasteiger partial charge in [0, 0.05) is 36.4 Å². The SMILES string of the molecule is COc1nc(N[C@@H]2CCN(C)C[C@@H]2F)nn2ccc(-c3ccc4ncccc4c3)c12. The van der Waals surface area contributed by atoms with Crippen LogP contribution in [0.1, 0.15) is 6.42 Å². The van der Waals surface area contributed by atoms with Crippen LogP contribution in [-0.2, 0) is 0 Å². The summed E-state index contributed by atoms with van der Waals surface area (Å²) < 4.78 is 21.7. The second-order valence-electron chi connectivity index (χ2n) is 7.70. The second kappa shape index (κ2) is 7.53. The lowest BCUT2D eigenvalue weighted by atomic mass is 10.0. The molecule has 0 radical (unpaired) electrons. The fraction of sp³-hybridized carbons (Fsp3) is 0.318. The number of alkyl halides is 1. The summed E-state index contributed by atoms with van der Waals surface area (Å²) in [5.74, 6) is 0.809. The molecule has 0 spiro atoms. The van der Waals surface area contributed by atoms with Crippen LogP contribution >= 0.6 is 0 Å². The van der Waals surface area contributed by atoms with E-state index in [9.17, 15) is 4.39 Å². The van der Waals surface area contributed by atoms with Crippen LogP contribution in [0.15, 0.2) is 48.8 Å². The first-order valence-corrected chi connectivity index (χ1v) is 10.00. The lowest BCUT2D eigenvalue weighted by Crippen LogP contribution is -2.46. The molecule has 4 heterocycles. The number of nitrogens with one attached hydrogen (secondary N) is 1. The predicted molar refractivity (Wildman–Crippen MR) is 115 cm³/mol. The normalized spacial score (nSPS) is 20.0. The third kappa shape index (κ3) is 3.33. The Morgan fingerprint density at radius 2 is 2.13 bits per heavy atom. The smallest absolute Gasteiger partial charge is 0.244 e. The molecular formula is C22H23FN6O. The molecule has 3 aromatic heterocycles. The molecule has 1 saturated heterocycles. The zero-order valence-corrected chi connectivity index (χ0v) is 16.9. The van der Waals surface area contributed by atoms with E-state index < -0.39 is 6.17 Å². The number of anilines is 1. The predicted octanol–water partition coefficient (Wildman–Crippen LogP) is 3.41. The molecule has 0 saturated carbocycles. The summed E-state index contributed by atoms with van der Waals surface area (Å²) in [6.07, 6.45) is 3.38. The Balaban J connectivity index is 1.52. The van der Waals surface area contributed by atoms with Gasteiger partial charge < -0.3 is 15.0 Å². The van der Waals surface area contributed by atoms with E-state index in [1.165, 1.54) is 0 Å². The van der Waals surface area contributed by atoms with Crippen LogP contribution < -0.4 is 10.1 Å². The number of pyridine rings is 1. The van der Waals surface area contributed by atoms with Gasteiger partial charge in [-0.25, -0.2) is 8.91 Å². The Kier molecular flexibility index (Phi) is 4.71. The van der Waals surface area contributed by atoms with Crippen LogP contribution in [0.25, 0.3) is 27.5 Å². The van der Waals surface area contributed by atoms with Crippen molar-refractivity contribution >= 4 is 22.4 Å². The Morgan fingerprint density at radius 3 is 2.97 bits per heavy atom. The zero-order chi connectivity index (χ0) is 20.7. The monoisotopic (exact) mass is 406 g/mol. The molecule has 1 fully saturated rings. The average molecular weight is 406 g/mol. The van der Waals surface area contributed by atoms with Crippen molar-refractivity contribution in [1.82, 2.24) is 24.5 Å². The largest absolute Gasteiger partial charge is 0.479 e. The molecule has 0 bridgehead atoms. The second-order valence-corrected chi connectivity index (χ2v) is 7.70. The highest BCUT2D eigenvalue weighted by Crippen LogP contribution is 2.33.